The lowest BCUT2D eigenvalue weighted by Gasteiger charge is -2.25. The molecule has 2 saturated carbocycles. The van der Waals surface area contributed by atoms with Crippen molar-refractivity contribution in [2.24, 2.45) is 23.7 Å². The van der Waals surface area contributed by atoms with Crippen molar-refractivity contribution in [3.8, 4) is 11.3 Å². The molecule has 0 aliphatic heterocycles. The van der Waals surface area contributed by atoms with Crippen LogP contribution in [0.2, 0.25) is 0 Å². The number of benzene rings is 1. The van der Waals surface area contributed by atoms with Gasteiger partial charge in [0, 0.05) is 10.9 Å². The minimum atomic E-state index is -0.869. The summed E-state index contributed by atoms with van der Waals surface area (Å²) in [7, 11) is 0. The number of rotatable bonds is 4. The van der Waals surface area contributed by atoms with E-state index in [0.29, 0.717) is 5.13 Å². The Bertz CT molecular complexity index is 1020. The maximum atomic E-state index is 13.1. The number of nitrogens with zero attached hydrogens (tertiary/aromatic N) is 1. The van der Waals surface area contributed by atoms with Crippen LogP contribution in [0.25, 0.3) is 11.3 Å². The van der Waals surface area contributed by atoms with Crippen LogP contribution in [-0.4, -0.2) is 22.0 Å². The molecule has 1 amide bonds. The predicted molar refractivity (Wildman–Crippen MR) is 115 cm³/mol. The van der Waals surface area contributed by atoms with Gasteiger partial charge in [-0.15, -0.1) is 11.3 Å². The molecule has 6 heteroatoms. The van der Waals surface area contributed by atoms with Gasteiger partial charge in [-0.25, -0.2) is 4.98 Å². The number of fused-ring (bicyclic) bond motifs is 2. The fourth-order valence-corrected chi connectivity index (χ4v) is 5.88. The van der Waals surface area contributed by atoms with Crippen molar-refractivity contribution in [2.75, 3.05) is 5.32 Å². The zero-order valence-electron chi connectivity index (χ0n) is 17.2. The number of carboxylic acid groups (broad SMARTS) is 1. The molecule has 4 rings (SSSR count). The normalized spacial score (nSPS) is 25.3. The van der Waals surface area contributed by atoms with E-state index in [4.69, 9.17) is 0 Å². The molecule has 2 aliphatic rings. The van der Waals surface area contributed by atoms with E-state index in [-0.39, 0.29) is 17.7 Å². The Morgan fingerprint density at radius 1 is 1.10 bits per heavy atom. The Morgan fingerprint density at radius 3 is 2.41 bits per heavy atom. The lowest BCUT2D eigenvalue weighted by molar-refractivity contribution is -0.148. The molecule has 5 nitrogen and oxygen atoms in total. The topological polar surface area (TPSA) is 79.3 Å². The maximum absolute atomic E-state index is 13.1. The van der Waals surface area contributed by atoms with E-state index in [9.17, 15) is 14.7 Å². The van der Waals surface area contributed by atoms with Gasteiger partial charge in [-0.2, -0.15) is 0 Å². The molecule has 2 N–H and O–H groups in total. The average Bonchev–Trinajstić information content (AvgIpc) is 3.36. The van der Waals surface area contributed by atoms with Gasteiger partial charge in [-0.05, 0) is 69.6 Å². The van der Waals surface area contributed by atoms with E-state index in [1.54, 1.807) is 0 Å². The second-order valence-corrected chi connectivity index (χ2v) is 9.32. The van der Waals surface area contributed by atoms with Gasteiger partial charge in [0.05, 0.1) is 17.5 Å². The number of carboxylic acids is 1. The molecule has 1 heterocycles. The predicted octanol–water partition coefficient (Wildman–Crippen LogP) is 5.06. The van der Waals surface area contributed by atoms with E-state index in [1.165, 1.54) is 28.0 Å². The minimum Gasteiger partial charge on any atom is -0.481 e. The molecule has 1 aromatic heterocycles. The molecule has 29 heavy (non-hydrogen) atoms. The highest BCUT2D eigenvalue weighted by molar-refractivity contribution is 7.14. The van der Waals surface area contributed by atoms with Crippen molar-refractivity contribution in [1.29, 1.82) is 0 Å². The zero-order chi connectivity index (χ0) is 20.9. The number of aromatic nitrogens is 1. The Hall–Kier alpha value is -2.47. The van der Waals surface area contributed by atoms with Crippen LogP contribution in [0.4, 0.5) is 5.13 Å². The summed E-state index contributed by atoms with van der Waals surface area (Å²) >= 11 is 1.38. The number of thiazole rings is 1. The Morgan fingerprint density at radius 2 is 1.79 bits per heavy atom. The molecule has 152 valence electrons. The highest BCUT2D eigenvalue weighted by Gasteiger charge is 2.57. The van der Waals surface area contributed by atoms with E-state index >= 15 is 0 Å². The van der Waals surface area contributed by atoms with Gasteiger partial charge in [0.15, 0.2) is 5.13 Å². The molecule has 2 aliphatic carbocycles. The summed E-state index contributed by atoms with van der Waals surface area (Å²) in [6.45, 7) is 8.18. The smallest absolute Gasteiger partial charge is 0.307 e. The van der Waals surface area contributed by atoms with Gasteiger partial charge < -0.3 is 10.4 Å². The van der Waals surface area contributed by atoms with Gasteiger partial charge in [0.25, 0.3) is 0 Å². The summed E-state index contributed by atoms with van der Waals surface area (Å²) in [6.07, 6.45) is 1.75. The third-order valence-corrected chi connectivity index (χ3v) is 7.30. The summed E-state index contributed by atoms with van der Waals surface area (Å²) in [6, 6.07) is 6.18. The van der Waals surface area contributed by atoms with Gasteiger partial charge in [0.2, 0.25) is 5.91 Å². The molecule has 2 bridgehead atoms. The fourth-order valence-electron chi connectivity index (χ4n) is 5.16. The van der Waals surface area contributed by atoms with Crippen molar-refractivity contribution in [2.45, 2.75) is 40.5 Å². The standard InChI is InChI=1S/C23H26N2O3S/c1-11(2)18-15-7-8-16(18)20(22(27)28)19(15)21(26)25-23-24-17(10-29-23)14-6-5-12(3)13(4)9-14/h5-6,9-10,15-16,19-20H,7-8H2,1-4H3,(H,27,28)(H,24,25,26)/t15-,16-,19-,20+/m1/s1. The molecular weight excluding hydrogens is 384 g/mol. The van der Waals surface area contributed by atoms with E-state index < -0.39 is 17.8 Å². The average molecular weight is 411 g/mol. The quantitative estimate of drug-likeness (QED) is 0.691. The zero-order valence-corrected chi connectivity index (χ0v) is 18.0. The number of carbonyl (C=O) groups is 2. The fraction of sp³-hybridized carbons (Fsp3) is 0.435. The second kappa shape index (κ2) is 7.41. The van der Waals surface area contributed by atoms with Crippen LogP contribution in [0.15, 0.2) is 34.7 Å². The summed E-state index contributed by atoms with van der Waals surface area (Å²) in [5.41, 5.74) is 6.60. The lowest BCUT2D eigenvalue weighted by Crippen LogP contribution is -2.37. The molecule has 2 aromatic rings. The second-order valence-electron chi connectivity index (χ2n) is 8.46. The van der Waals surface area contributed by atoms with Gasteiger partial charge in [-0.1, -0.05) is 23.3 Å². The number of allylic oxidation sites excluding steroid dienone is 2. The van der Waals surface area contributed by atoms with E-state index in [1.807, 2.05) is 25.3 Å². The first-order valence-electron chi connectivity index (χ1n) is 10.0. The number of amides is 1. The van der Waals surface area contributed by atoms with E-state index in [0.717, 1.165) is 29.7 Å². The number of nitrogens with one attached hydrogen (secondary N) is 1. The maximum Gasteiger partial charge on any atom is 0.307 e. The molecule has 0 spiro atoms. The van der Waals surface area contributed by atoms with Crippen molar-refractivity contribution in [1.82, 2.24) is 4.98 Å². The summed E-state index contributed by atoms with van der Waals surface area (Å²) in [5, 5.41) is 15.2. The van der Waals surface area contributed by atoms with Crippen molar-refractivity contribution < 1.29 is 14.7 Å². The number of carbonyl (C=O) groups excluding carboxylic acids is 1. The summed E-state index contributed by atoms with van der Waals surface area (Å²) in [4.78, 5) is 29.6. The van der Waals surface area contributed by atoms with Crippen molar-refractivity contribution in [3.63, 3.8) is 0 Å². The van der Waals surface area contributed by atoms with Crippen LogP contribution in [0.5, 0.6) is 0 Å². The molecule has 0 radical (unpaired) electrons. The van der Waals surface area contributed by atoms with Crippen LogP contribution in [0.1, 0.15) is 37.8 Å². The third kappa shape index (κ3) is 3.39. The van der Waals surface area contributed by atoms with Crippen LogP contribution >= 0.6 is 11.3 Å². The van der Waals surface area contributed by atoms with Crippen LogP contribution in [0, 0.1) is 37.5 Å². The molecule has 2 fully saturated rings. The first-order chi connectivity index (χ1) is 13.8. The largest absolute Gasteiger partial charge is 0.481 e. The Labute approximate surface area is 174 Å². The number of hydrogen-bond acceptors (Lipinski definition) is 4. The highest BCUT2D eigenvalue weighted by Crippen LogP contribution is 2.57. The van der Waals surface area contributed by atoms with Gasteiger partial charge in [0.1, 0.15) is 0 Å². The van der Waals surface area contributed by atoms with Crippen LogP contribution < -0.4 is 5.32 Å². The van der Waals surface area contributed by atoms with Gasteiger partial charge >= 0.3 is 5.97 Å². The van der Waals surface area contributed by atoms with Gasteiger partial charge in [-0.3, -0.25) is 9.59 Å². The van der Waals surface area contributed by atoms with Crippen LogP contribution in [-0.2, 0) is 9.59 Å². The summed E-state index contributed by atoms with van der Waals surface area (Å²) < 4.78 is 0. The first kappa shape index (κ1) is 19.8. The molecule has 0 saturated heterocycles. The van der Waals surface area contributed by atoms with Crippen LogP contribution in [0.3, 0.4) is 0 Å². The monoisotopic (exact) mass is 410 g/mol. The number of aryl methyl sites for hydroxylation is 2. The third-order valence-electron chi connectivity index (χ3n) is 6.54. The molecule has 1 aromatic carbocycles. The minimum absolute atomic E-state index is 0.0133. The Kier molecular flexibility index (Phi) is 5.07. The lowest BCUT2D eigenvalue weighted by atomic mass is 9.79. The SMILES string of the molecule is CC(C)=C1[C@H]2CC[C@H]1[C@@H](C(=O)Nc1nc(-c3ccc(C)c(C)c3)cs1)[C@H]2C(=O)O. The molecule has 4 atom stereocenters. The number of anilines is 1. The Balaban J connectivity index is 1.57. The van der Waals surface area contributed by atoms with E-state index in [2.05, 4.69) is 36.3 Å². The highest BCUT2D eigenvalue weighted by atomic mass is 32.1. The summed E-state index contributed by atoms with van der Waals surface area (Å²) in [5.74, 6) is -2.23. The van der Waals surface area contributed by atoms with Crippen molar-refractivity contribution >= 4 is 28.3 Å². The van der Waals surface area contributed by atoms with Crippen molar-refractivity contribution in [3.05, 3.63) is 45.9 Å². The number of aliphatic carboxylic acids is 1. The number of hydrogen-bond donors (Lipinski definition) is 2. The molecule has 0 unspecified atom stereocenters. The first-order valence-corrected chi connectivity index (χ1v) is 10.9. The molecular formula is C23H26N2O3S.